The van der Waals surface area contributed by atoms with Crippen LogP contribution >= 0.6 is 11.6 Å². The van der Waals surface area contributed by atoms with Crippen LogP contribution in [-0.2, 0) is 11.2 Å². The number of amides is 1. The Balaban J connectivity index is 1.88. The number of hydrogen-bond acceptors (Lipinski definition) is 1. The smallest absolute Gasteiger partial charge is 0.224 e. The number of anilines is 1. The number of alkyl halides is 1. The molecule has 2 nitrogen and oxygen atoms in total. The molecule has 19 heavy (non-hydrogen) atoms. The first-order valence-corrected chi connectivity index (χ1v) is 7.59. The summed E-state index contributed by atoms with van der Waals surface area (Å²) in [7, 11) is 0. The lowest BCUT2D eigenvalue weighted by atomic mass is 9.81. The average Bonchev–Trinajstić information content (AvgIpc) is 2.85. The highest BCUT2D eigenvalue weighted by Gasteiger charge is 2.37. The van der Waals surface area contributed by atoms with Crippen molar-refractivity contribution in [3.05, 3.63) is 29.3 Å². The normalized spacial score (nSPS) is 22.7. The van der Waals surface area contributed by atoms with Crippen LogP contribution in [0.15, 0.2) is 18.2 Å². The van der Waals surface area contributed by atoms with Crippen molar-refractivity contribution >= 4 is 23.2 Å². The van der Waals surface area contributed by atoms with Crippen LogP contribution in [-0.4, -0.2) is 5.91 Å². The van der Waals surface area contributed by atoms with Gasteiger partial charge in [-0.3, -0.25) is 4.79 Å². The number of carbonyl (C=O) groups is 1. The maximum absolute atomic E-state index is 11.4. The van der Waals surface area contributed by atoms with Crippen LogP contribution < -0.4 is 5.32 Å². The molecule has 0 saturated heterocycles. The first kappa shape index (κ1) is 13.0. The maximum atomic E-state index is 11.4. The van der Waals surface area contributed by atoms with Crippen molar-refractivity contribution in [1.29, 1.82) is 0 Å². The van der Waals surface area contributed by atoms with Crippen LogP contribution in [0.3, 0.4) is 0 Å². The number of fused-ring (bicyclic) bond motifs is 1. The number of benzene rings is 1. The Kier molecular flexibility index (Phi) is 3.30. The molecule has 0 bridgehead atoms. The van der Waals surface area contributed by atoms with Crippen molar-refractivity contribution in [2.24, 2.45) is 5.41 Å². The largest absolute Gasteiger partial charge is 0.326 e. The fourth-order valence-corrected chi connectivity index (χ4v) is 3.75. The van der Waals surface area contributed by atoms with E-state index in [9.17, 15) is 4.79 Å². The van der Waals surface area contributed by atoms with Gasteiger partial charge in [-0.2, -0.15) is 0 Å². The Morgan fingerprint density at radius 2 is 2.00 bits per heavy atom. The highest BCUT2D eigenvalue weighted by atomic mass is 35.5. The minimum absolute atomic E-state index is 0.0814. The Morgan fingerprint density at radius 3 is 2.74 bits per heavy atom. The van der Waals surface area contributed by atoms with Gasteiger partial charge in [0.25, 0.3) is 0 Å². The third kappa shape index (κ3) is 2.38. The molecule has 3 rings (SSSR count). The molecule has 1 amide bonds. The quantitative estimate of drug-likeness (QED) is 0.796. The van der Waals surface area contributed by atoms with Crippen molar-refractivity contribution in [1.82, 2.24) is 0 Å². The molecule has 1 atom stereocenters. The monoisotopic (exact) mass is 277 g/mol. The summed E-state index contributed by atoms with van der Waals surface area (Å²) in [5.74, 6) is 0.116. The highest BCUT2D eigenvalue weighted by molar-refractivity contribution is 6.21. The van der Waals surface area contributed by atoms with E-state index < -0.39 is 0 Å². The van der Waals surface area contributed by atoms with Crippen molar-refractivity contribution in [2.45, 2.75) is 50.8 Å². The minimum Gasteiger partial charge on any atom is -0.326 e. The first-order chi connectivity index (χ1) is 9.08. The van der Waals surface area contributed by atoms with Crippen molar-refractivity contribution in [2.75, 3.05) is 5.32 Å². The summed E-state index contributed by atoms with van der Waals surface area (Å²) in [6, 6.07) is 6.27. The number of aryl methyl sites for hydroxylation is 1. The van der Waals surface area contributed by atoms with Crippen molar-refractivity contribution < 1.29 is 4.79 Å². The topological polar surface area (TPSA) is 29.1 Å². The van der Waals surface area contributed by atoms with Crippen LogP contribution in [0.25, 0.3) is 0 Å². The summed E-state index contributed by atoms with van der Waals surface area (Å²) in [6.07, 6.45) is 6.43. The maximum Gasteiger partial charge on any atom is 0.224 e. The van der Waals surface area contributed by atoms with Gasteiger partial charge in [0.05, 0.1) is 5.38 Å². The molecule has 0 aromatic heterocycles. The number of hydrogen-bond donors (Lipinski definition) is 1. The lowest BCUT2D eigenvalue weighted by Gasteiger charge is -2.30. The lowest BCUT2D eigenvalue weighted by molar-refractivity contribution is -0.116. The second kappa shape index (κ2) is 4.82. The second-order valence-corrected chi connectivity index (χ2v) is 6.62. The van der Waals surface area contributed by atoms with E-state index in [0.717, 1.165) is 12.1 Å². The molecule has 1 unspecified atom stereocenters. The predicted molar refractivity (Wildman–Crippen MR) is 78.6 cm³/mol. The summed E-state index contributed by atoms with van der Waals surface area (Å²) in [4.78, 5) is 11.4. The fourth-order valence-electron chi connectivity index (χ4n) is 3.40. The molecule has 1 saturated carbocycles. The molecule has 1 aliphatic heterocycles. The van der Waals surface area contributed by atoms with Gasteiger partial charge in [0.1, 0.15) is 0 Å². The Labute approximate surface area is 119 Å². The van der Waals surface area contributed by atoms with E-state index in [1.54, 1.807) is 0 Å². The standard InChI is InChI=1S/C16H20ClNO/c1-16(8-2-3-9-16)15(17)12-4-6-13-11(10-12)5-7-14(19)18-13/h4,6,10,15H,2-3,5,7-9H2,1H3,(H,18,19). The van der Waals surface area contributed by atoms with Gasteiger partial charge in [0, 0.05) is 12.1 Å². The third-order valence-electron chi connectivity index (χ3n) is 4.68. The minimum atomic E-state index is 0.0814. The molecule has 2 aliphatic rings. The fraction of sp³-hybridized carbons (Fsp3) is 0.562. The van der Waals surface area contributed by atoms with Crippen LogP contribution in [0, 0.1) is 5.41 Å². The van der Waals surface area contributed by atoms with Crippen LogP contribution in [0.2, 0.25) is 0 Å². The van der Waals surface area contributed by atoms with Crippen molar-refractivity contribution in [3.63, 3.8) is 0 Å². The molecular formula is C16H20ClNO. The molecular weight excluding hydrogens is 258 g/mol. The predicted octanol–water partition coefficient (Wildman–Crippen LogP) is 4.43. The molecule has 1 aromatic rings. The van der Waals surface area contributed by atoms with E-state index in [2.05, 4.69) is 24.4 Å². The van der Waals surface area contributed by atoms with Crippen molar-refractivity contribution in [3.8, 4) is 0 Å². The molecule has 1 aromatic carbocycles. The number of carbonyl (C=O) groups excluding carboxylic acids is 1. The van der Waals surface area contributed by atoms with Gasteiger partial charge in [-0.25, -0.2) is 0 Å². The highest BCUT2D eigenvalue weighted by Crippen LogP contribution is 2.50. The van der Waals surface area contributed by atoms with Gasteiger partial charge < -0.3 is 5.32 Å². The molecule has 1 fully saturated rings. The van der Waals surface area contributed by atoms with E-state index in [1.165, 1.54) is 36.8 Å². The van der Waals surface area contributed by atoms with E-state index >= 15 is 0 Å². The summed E-state index contributed by atoms with van der Waals surface area (Å²) in [5, 5.41) is 3.00. The third-order valence-corrected chi connectivity index (χ3v) is 5.45. The number of nitrogens with one attached hydrogen (secondary N) is 1. The summed E-state index contributed by atoms with van der Waals surface area (Å²) in [5.41, 5.74) is 3.62. The number of rotatable bonds is 2. The van der Waals surface area contributed by atoms with E-state index in [0.29, 0.717) is 6.42 Å². The zero-order valence-electron chi connectivity index (χ0n) is 11.3. The number of halogens is 1. The molecule has 1 N–H and O–H groups in total. The zero-order chi connectivity index (χ0) is 13.5. The molecule has 1 aliphatic carbocycles. The Hall–Kier alpha value is -1.02. The van der Waals surface area contributed by atoms with Gasteiger partial charge in [-0.05, 0) is 41.9 Å². The van der Waals surface area contributed by atoms with E-state index in [1.807, 2.05) is 6.07 Å². The Bertz CT molecular complexity index is 505. The molecule has 0 radical (unpaired) electrons. The lowest BCUT2D eigenvalue weighted by Crippen LogP contribution is -2.21. The van der Waals surface area contributed by atoms with Crippen LogP contribution in [0.1, 0.15) is 55.5 Å². The van der Waals surface area contributed by atoms with Gasteiger partial charge in [0.15, 0.2) is 0 Å². The second-order valence-electron chi connectivity index (χ2n) is 6.19. The molecule has 3 heteroatoms. The molecule has 102 valence electrons. The van der Waals surface area contributed by atoms with Gasteiger partial charge in [-0.1, -0.05) is 31.9 Å². The first-order valence-electron chi connectivity index (χ1n) is 7.15. The Morgan fingerprint density at radius 1 is 1.26 bits per heavy atom. The van der Waals surface area contributed by atoms with Gasteiger partial charge in [0.2, 0.25) is 5.91 Å². The van der Waals surface area contributed by atoms with E-state index in [4.69, 9.17) is 11.6 Å². The van der Waals surface area contributed by atoms with Gasteiger partial charge >= 0.3 is 0 Å². The summed E-state index contributed by atoms with van der Waals surface area (Å²) < 4.78 is 0. The average molecular weight is 278 g/mol. The van der Waals surface area contributed by atoms with Crippen LogP contribution in [0.4, 0.5) is 5.69 Å². The molecule has 0 spiro atoms. The summed E-state index contributed by atoms with van der Waals surface area (Å²) in [6.45, 7) is 2.30. The molecule has 1 heterocycles. The SMILES string of the molecule is CC1(C(Cl)c2ccc3c(c2)CCC(=O)N3)CCCC1. The zero-order valence-corrected chi connectivity index (χ0v) is 12.1. The van der Waals surface area contributed by atoms with E-state index in [-0.39, 0.29) is 16.7 Å². The summed E-state index contributed by atoms with van der Waals surface area (Å²) >= 11 is 6.74. The van der Waals surface area contributed by atoms with Crippen LogP contribution in [0.5, 0.6) is 0 Å². The van der Waals surface area contributed by atoms with Gasteiger partial charge in [-0.15, -0.1) is 11.6 Å².